The van der Waals surface area contributed by atoms with Gasteiger partial charge in [0.25, 0.3) is 0 Å². The van der Waals surface area contributed by atoms with Crippen molar-refractivity contribution in [2.75, 3.05) is 7.11 Å². The normalized spacial score (nSPS) is 12.5. The summed E-state index contributed by atoms with van der Waals surface area (Å²) in [5.74, 6) is -0.333. The minimum absolute atomic E-state index is 0.318. The molecule has 0 aliphatic heterocycles. The minimum atomic E-state index is -0.333. The van der Waals surface area contributed by atoms with Crippen LogP contribution in [0.4, 0.5) is 0 Å². The van der Waals surface area contributed by atoms with Crippen molar-refractivity contribution in [3.05, 3.63) is 23.5 Å². The van der Waals surface area contributed by atoms with Crippen molar-refractivity contribution >= 4 is 5.97 Å². The van der Waals surface area contributed by atoms with Gasteiger partial charge in [0.05, 0.1) is 13.2 Å². The lowest BCUT2D eigenvalue weighted by Gasteiger charge is -2.07. The number of esters is 1. The van der Waals surface area contributed by atoms with Crippen molar-refractivity contribution in [3.8, 4) is 0 Å². The molecule has 0 radical (unpaired) electrons. The van der Waals surface area contributed by atoms with Gasteiger partial charge in [-0.2, -0.15) is 0 Å². The first-order valence-electron chi connectivity index (χ1n) is 4.97. The third-order valence-electron chi connectivity index (χ3n) is 2.44. The van der Waals surface area contributed by atoms with Crippen LogP contribution in [0.25, 0.3) is 0 Å². The smallest absolute Gasteiger partial charge is 0.354 e. The monoisotopic (exact) mass is 211 g/mol. The molecule has 0 aromatic carbocycles. The van der Waals surface area contributed by atoms with Crippen LogP contribution < -0.4 is 0 Å². The molecule has 0 bridgehead atoms. The zero-order valence-electron chi connectivity index (χ0n) is 9.36. The van der Waals surface area contributed by atoms with Crippen molar-refractivity contribution in [1.82, 2.24) is 4.57 Å². The fourth-order valence-electron chi connectivity index (χ4n) is 1.47. The maximum atomic E-state index is 11.3. The number of carbonyl (C=O) groups is 1. The van der Waals surface area contributed by atoms with Crippen LogP contribution in [0, 0.1) is 0 Å². The largest absolute Gasteiger partial charge is 0.464 e. The van der Waals surface area contributed by atoms with Crippen molar-refractivity contribution < 1.29 is 14.6 Å². The maximum absolute atomic E-state index is 11.3. The van der Waals surface area contributed by atoms with Crippen molar-refractivity contribution in [3.63, 3.8) is 0 Å². The highest BCUT2D eigenvalue weighted by atomic mass is 16.5. The lowest BCUT2D eigenvalue weighted by Crippen LogP contribution is -2.10. The Morgan fingerprint density at radius 3 is 2.80 bits per heavy atom. The minimum Gasteiger partial charge on any atom is -0.464 e. The number of hydrogen-bond acceptors (Lipinski definition) is 3. The number of rotatable bonds is 4. The van der Waals surface area contributed by atoms with Gasteiger partial charge >= 0.3 is 5.97 Å². The van der Waals surface area contributed by atoms with Gasteiger partial charge in [0.15, 0.2) is 0 Å². The van der Waals surface area contributed by atoms with Gasteiger partial charge in [-0.1, -0.05) is 0 Å². The predicted molar refractivity (Wildman–Crippen MR) is 56.8 cm³/mol. The molecule has 1 aromatic rings. The molecule has 1 unspecified atom stereocenters. The summed E-state index contributed by atoms with van der Waals surface area (Å²) in [5, 5.41) is 9.17. The number of ether oxygens (including phenoxy) is 1. The SMILES string of the molecule is COC(=O)c1ccc(CCC(C)O)n1C. The zero-order chi connectivity index (χ0) is 11.4. The lowest BCUT2D eigenvalue weighted by atomic mass is 10.2. The molecule has 1 N–H and O–H groups in total. The summed E-state index contributed by atoms with van der Waals surface area (Å²) in [6, 6.07) is 3.62. The molecule has 4 heteroatoms. The van der Waals surface area contributed by atoms with Crippen molar-refractivity contribution in [1.29, 1.82) is 0 Å². The van der Waals surface area contributed by atoms with E-state index >= 15 is 0 Å². The van der Waals surface area contributed by atoms with E-state index < -0.39 is 0 Å². The van der Waals surface area contributed by atoms with Crippen LogP contribution in [0.2, 0.25) is 0 Å². The number of hydrogen-bond donors (Lipinski definition) is 1. The topological polar surface area (TPSA) is 51.5 Å². The number of carbonyl (C=O) groups excluding carboxylic acids is 1. The van der Waals surface area contributed by atoms with Crippen LogP contribution in [0.5, 0.6) is 0 Å². The molecule has 1 rings (SSSR count). The van der Waals surface area contributed by atoms with Gasteiger partial charge in [0.2, 0.25) is 0 Å². The molecule has 0 saturated heterocycles. The zero-order valence-corrected chi connectivity index (χ0v) is 9.36. The van der Waals surface area contributed by atoms with Crippen LogP contribution in [-0.4, -0.2) is 28.9 Å². The van der Waals surface area contributed by atoms with Crippen LogP contribution in [0.15, 0.2) is 12.1 Å². The van der Waals surface area contributed by atoms with Crippen LogP contribution >= 0.6 is 0 Å². The Hall–Kier alpha value is -1.29. The van der Waals surface area contributed by atoms with Gasteiger partial charge in [-0.05, 0) is 31.9 Å². The van der Waals surface area contributed by atoms with Gasteiger partial charge in [0, 0.05) is 12.7 Å². The first-order chi connectivity index (χ1) is 7.06. The molecule has 4 nitrogen and oxygen atoms in total. The fraction of sp³-hybridized carbons (Fsp3) is 0.545. The van der Waals surface area contributed by atoms with E-state index in [9.17, 15) is 4.79 Å². The van der Waals surface area contributed by atoms with E-state index in [0.29, 0.717) is 12.1 Å². The Labute approximate surface area is 89.5 Å². The van der Waals surface area contributed by atoms with Gasteiger partial charge in [-0.15, -0.1) is 0 Å². The highest BCUT2D eigenvalue weighted by molar-refractivity contribution is 5.87. The lowest BCUT2D eigenvalue weighted by molar-refractivity contribution is 0.0589. The van der Waals surface area contributed by atoms with Gasteiger partial charge in [-0.25, -0.2) is 4.79 Å². The molecule has 84 valence electrons. The van der Waals surface area contributed by atoms with Gasteiger partial charge in [0.1, 0.15) is 5.69 Å². The average Bonchev–Trinajstić information content (AvgIpc) is 2.56. The Morgan fingerprint density at radius 1 is 1.60 bits per heavy atom. The van der Waals surface area contributed by atoms with E-state index in [0.717, 1.165) is 12.1 Å². The molecule has 1 aromatic heterocycles. The summed E-state index contributed by atoms with van der Waals surface area (Å²) in [5.41, 5.74) is 1.56. The first-order valence-corrected chi connectivity index (χ1v) is 4.97. The summed E-state index contributed by atoms with van der Waals surface area (Å²) in [7, 11) is 3.19. The third kappa shape index (κ3) is 2.83. The average molecular weight is 211 g/mol. The van der Waals surface area contributed by atoms with E-state index in [2.05, 4.69) is 4.74 Å². The second-order valence-corrected chi connectivity index (χ2v) is 3.65. The van der Waals surface area contributed by atoms with Crippen LogP contribution in [-0.2, 0) is 18.2 Å². The molecule has 0 spiro atoms. The summed E-state index contributed by atoms with van der Waals surface area (Å²) in [6.45, 7) is 1.75. The van der Waals surface area contributed by atoms with E-state index in [1.54, 1.807) is 17.6 Å². The van der Waals surface area contributed by atoms with E-state index in [1.165, 1.54) is 7.11 Å². The highest BCUT2D eigenvalue weighted by Crippen LogP contribution is 2.11. The maximum Gasteiger partial charge on any atom is 0.354 e. The second kappa shape index (κ2) is 4.98. The Balaban J connectivity index is 2.75. The van der Waals surface area contributed by atoms with Crippen molar-refractivity contribution in [2.24, 2.45) is 7.05 Å². The van der Waals surface area contributed by atoms with Gasteiger partial charge < -0.3 is 14.4 Å². The van der Waals surface area contributed by atoms with E-state index in [1.807, 2.05) is 13.1 Å². The number of aryl methyl sites for hydroxylation is 1. The molecule has 15 heavy (non-hydrogen) atoms. The van der Waals surface area contributed by atoms with E-state index in [4.69, 9.17) is 5.11 Å². The molecule has 0 aliphatic rings. The number of aromatic nitrogens is 1. The number of methoxy groups -OCH3 is 1. The van der Waals surface area contributed by atoms with Gasteiger partial charge in [-0.3, -0.25) is 0 Å². The number of nitrogens with zero attached hydrogens (tertiary/aromatic N) is 1. The molecule has 1 atom stereocenters. The Morgan fingerprint density at radius 2 is 2.27 bits per heavy atom. The molecule has 0 aliphatic carbocycles. The summed E-state index contributed by atoms with van der Waals surface area (Å²) < 4.78 is 6.45. The summed E-state index contributed by atoms with van der Waals surface area (Å²) in [6.07, 6.45) is 1.13. The number of aliphatic hydroxyl groups excluding tert-OH is 1. The predicted octanol–water partition coefficient (Wildman–Crippen LogP) is 1.13. The van der Waals surface area contributed by atoms with Crippen LogP contribution in [0.1, 0.15) is 29.5 Å². The Kier molecular flexibility index (Phi) is 3.91. The second-order valence-electron chi connectivity index (χ2n) is 3.65. The molecule has 1 heterocycles. The van der Waals surface area contributed by atoms with E-state index in [-0.39, 0.29) is 12.1 Å². The third-order valence-corrected chi connectivity index (χ3v) is 2.44. The highest BCUT2D eigenvalue weighted by Gasteiger charge is 2.12. The molecule has 0 amide bonds. The summed E-state index contributed by atoms with van der Waals surface area (Å²) >= 11 is 0. The molecular formula is C11H17NO3. The molecule has 0 fully saturated rings. The Bertz CT molecular complexity index is 342. The molecule has 0 saturated carbocycles. The van der Waals surface area contributed by atoms with Crippen molar-refractivity contribution in [2.45, 2.75) is 25.9 Å². The van der Waals surface area contributed by atoms with Crippen LogP contribution in [0.3, 0.4) is 0 Å². The quantitative estimate of drug-likeness (QED) is 0.759. The first kappa shape index (κ1) is 11.8. The summed E-state index contributed by atoms with van der Waals surface area (Å²) in [4.78, 5) is 11.3. The standard InChI is InChI=1S/C11H17NO3/c1-8(13)4-5-9-6-7-10(12(9)2)11(14)15-3/h6-8,13H,4-5H2,1-3H3. The fourth-order valence-corrected chi connectivity index (χ4v) is 1.47. The number of aliphatic hydroxyl groups is 1. The molecular weight excluding hydrogens is 194 g/mol.